The van der Waals surface area contributed by atoms with E-state index in [0.29, 0.717) is 22.5 Å². The molecule has 1 heterocycles. The van der Waals surface area contributed by atoms with E-state index >= 15 is 0 Å². The fraction of sp³-hybridized carbons (Fsp3) is 0.278. The minimum Gasteiger partial charge on any atom is -0.494 e. The molecule has 0 fully saturated rings. The van der Waals surface area contributed by atoms with Gasteiger partial charge >= 0.3 is 0 Å². The van der Waals surface area contributed by atoms with Crippen molar-refractivity contribution < 1.29 is 4.74 Å². The summed E-state index contributed by atoms with van der Waals surface area (Å²) in [4.78, 5) is 7.84. The second-order valence-electron chi connectivity index (χ2n) is 6.31. The molecule has 0 aliphatic carbocycles. The van der Waals surface area contributed by atoms with E-state index in [1.54, 1.807) is 7.11 Å². The maximum absolute atomic E-state index is 6.14. The molecule has 4 nitrogen and oxygen atoms in total. The van der Waals surface area contributed by atoms with Gasteiger partial charge in [-0.1, -0.05) is 49.2 Å². The number of nitrogens with one attached hydrogen (secondary N) is 2. The molecule has 6 heteroatoms. The molecular weight excluding hydrogens is 345 g/mol. The van der Waals surface area contributed by atoms with Crippen molar-refractivity contribution in [3.05, 3.63) is 52.0 Å². The number of aromatic nitrogens is 2. The van der Waals surface area contributed by atoms with Crippen LogP contribution in [-0.2, 0) is 5.41 Å². The van der Waals surface area contributed by atoms with Gasteiger partial charge in [0.2, 0.25) is 5.95 Å². The van der Waals surface area contributed by atoms with Gasteiger partial charge in [-0.25, -0.2) is 4.98 Å². The first-order chi connectivity index (χ1) is 11.4. The molecule has 0 unspecified atom stereocenters. The van der Waals surface area contributed by atoms with E-state index in [1.807, 2.05) is 36.4 Å². The van der Waals surface area contributed by atoms with Crippen LogP contribution < -0.4 is 10.1 Å². The highest BCUT2D eigenvalue weighted by atomic mass is 35.5. The van der Waals surface area contributed by atoms with Gasteiger partial charge in [0.15, 0.2) is 0 Å². The maximum atomic E-state index is 6.14. The number of para-hydroxylation sites is 1. The lowest BCUT2D eigenvalue weighted by Gasteiger charge is -2.26. The van der Waals surface area contributed by atoms with E-state index in [1.165, 1.54) is 0 Å². The monoisotopic (exact) mass is 363 g/mol. The van der Waals surface area contributed by atoms with Gasteiger partial charge in [-0.3, -0.25) is 0 Å². The normalized spacial score (nSPS) is 11.7. The molecule has 0 bridgehead atoms. The average molecular weight is 364 g/mol. The van der Waals surface area contributed by atoms with E-state index in [0.717, 1.165) is 22.3 Å². The van der Waals surface area contributed by atoms with Crippen molar-refractivity contribution in [3.63, 3.8) is 0 Å². The van der Waals surface area contributed by atoms with Gasteiger partial charge in [-0.2, -0.15) is 0 Å². The molecule has 0 saturated heterocycles. The van der Waals surface area contributed by atoms with Crippen LogP contribution in [-0.4, -0.2) is 23.6 Å². The molecule has 1 aromatic heterocycles. The lowest BCUT2D eigenvalue weighted by molar-refractivity contribution is 0.419. The predicted octanol–water partition coefficient (Wildman–Crippen LogP) is 5.27. The number of aromatic amines is 1. The highest BCUT2D eigenvalue weighted by Gasteiger charge is 2.22. The van der Waals surface area contributed by atoms with Crippen LogP contribution in [0.3, 0.4) is 0 Å². The molecule has 0 amide bonds. The molecular formula is C18H19Cl2N3O. The minimum absolute atomic E-state index is 0.142. The third-order valence-corrected chi connectivity index (χ3v) is 4.83. The summed E-state index contributed by atoms with van der Waals surface area (Å²) in [5.74, 6) is 1.46. The highest BCUT2D eigenvalue weighted by molar-refractivity contribution is 6.42. The Hall–Kier alpha value is -1.91. The van der Waals surface area contributed by atoms with Crippen LogP contribution in [0.15, 0.2) is 36.4 Å². The highest BCUT2D eigenvalue weighted by Crippen LogP contribution is 2.30. The Balaban J connectivity index is 1.80. The molecule has 2 aromatic carbocycles. The topological polar surface area (TPSA) is 49.9 Å². The number of anilines is 1. The lowest BCUT2D eigenvalue weighted by atomic mass is 9.84. The van der Waals surface area contributed by atoms with Crippen LogP contribution in [0.4, 0.5) is 5.95 Å². The maximum Gasteiger partial charge on any atom is 0.201 e. The third-order valence-electron chi connectivity index (χ3n) is 4.09. The van der Waals surface area contributed by atoms with Gasteiger partial charge in [-0.05, 0) is 29.8 Å². The number of hydrogen-bond acceptors (Lipinski definition) is 3. The van der Waals surface area contributed by atoms with Gasteiger partial charge < -0.3 is 15.0 Å². The Morgan fingerprint density at radius 1 is 1.17 bits per heavy atom. The van der Waals surface area contributed by atoms with Crippen molar-refractivity contribution in [3.8, 4) is 5.75 Å². The first kappa shape index (κ1) is 16.9. The van der Waals surface area contributed by atoms with E-state index in [-0.39, 0.29) is 5.41 Å². The molecule has 2 N–H and O–H groups in total. The summed E-state index contributed by atoms with van der Waals surface area (Å²) in [5, 5.41) is 4.49. The summed E-state index contributed by atoms with van der Waals surface area (Å²) in [6.45, 7) is 4.97. The summed E-state index contributed by atoms with van der Waals surface area (Å²) in [5.41, 5.74) is 2.72. The fourth-order valence-corrected chi connectivity index (χ4v) is 2.88. The number of imidazole rings is 1. The quantitative estimate of drug-likeness (QED) is 0.649. The molecule has 3 aromatic rings. The Bertz CT molecular complexity index is 874. The van der Waals surface area contributed by atoms with Crippen LogP contribution in [0, 0.1) is 0 Å². The number of ether oxygens (including phenoxy) is 1. The standard InChI is InChI=1S/C18H19Cl2N3O/c1-18(2,11-7-8-12(19)13(20)9-11)10-21-17-22-14-5-4-6-15(24-3)16(14)23-17/h4-9H,10H2,1-3H3,(H2,21,22,23). The molecule has 0 spiro atoms. The molecule has 24 heavy (non-hydrogen) atoms. The van der Waals surface area contributed by atoms with Crippen molar-refractivity contribution >= 4 is 40.2 Å². The van der Waals surface area contributed by atoms with Crippen LogP contribution in [0.5, 0.6) is 5.75 Å². The van der Waals surface area contributed by atoms with E-state index < -0.39 is 0 Å². The van der Waals surface area contributed by atoms with Crippen LogP contribution in [0.2, 0.25) is 10.0 Å². The molecule has 126 valence electrons. The Labute approximate surface area is 151 Å². The Morgan fingerprint density at radius 3 is 2.67 bits per heavy atom. The summed E-state index contributed by atoms with van der Waals surface area (Å²) in [6.07, 6.45) is 0. The zero-order valence-electron chi connectivity index (χ0n) is 13.8. The largest absolute Gasteiger partial charge is 0.494 e. The van der Waals surface area contributed by atoms with Gasteiger partial charge in [0.05, 0.1) is 22.7 Å². The van der Waals surface area contributed by atoms with Gasteiger partial charge in [-0.15, -0.1) is 0 Å². The summed E-state index contributed by atoms with van der Waals surface area (Å²) in [6, 6.07) is 11.5. The first-order valence-corrected chi connectivity index (χ1v) is 8.38. The van der Waals surface area contributed by atoms with Crippen molar-refractivity contribution in [2.75, 3.05) is 19.0 Å². The molecule has 3 rings (SSSR count). The van der Waals surface area contributed by atoms with Crippen LogP contribution >= 0.6 is 23.2 Å². The van der Waals surface area contributed by atoms with Gasteiger partial charge in [0.1, 0.15) is 11.3 Å². The van der Waals surface area contributed by atoms with Crippen LogP contribution in [0.25, 0.3) is 11.0 Å². The summed E-state index contributed by atoms with van der Waals surface area (Å²) >= 11 is 12.1. The van der Waals surface area contributed by atoms with E-state index in [2.05, 4.69) is 29.1 Å². The van der Waals surface area contributed by atoms with Crippen LogP contribution in [0.1, 0.15) is 19.4 Å². The van der Waals surface area contributed by atoms with Gasteiger partial charge in [0.25, 0.3) is 0 Å². The smallest absolute Gasteiger partial charge is 0.201 e. The number of nitrogens with zero attached hydrogens (tertiary/aromatic N) is 1. The van der Waals surface area contributed by atoms with Crippen molar-refractivity contribution in [1.82, 2.24) is 9.97 Å². The summed E-state index contributed by atoms with van der Waals surface area (Å²) in [7, 11) is 1.64. The number of H-pyrrole nitrogens is 1. The molecule has 0 saturated carbocycles. The molecule has 0 aliphatic rings. The van der Waals surface area contributed by atoms with Gasteiger partial charge in [0, 0.05) is 12.0 Å². The lowest BCUT2D eigenvalue weighted by Crippen LogP contribution is -2.28. The SMILES string of the molecule is COc1cccc2[nH]c(NCC(C)(C)c3ccc(Cl)c(Cl)c3)nc12. The number of rotatable bonds is 5. The second kappa shape index (κ2) is 6.54. The summed E-state index contributed by atoms with van der Waals surface area (Å²) < 4.78 is 5.34. The third kappa shape index (κ3) is 3.30. The van der Waals surface area contributed by atoms with Crippen molar-refractivity contribution in [2.24, 2.45) is 0 Å². The molecule has 0 atom stereocenters. The predicted molar refractivity (Wildman–Crippen MR) is 101 cm³/mol. The number of benzene rings is 2. The number of halogens is 2. The minimum atomic E-state index is -0.142. The Kier molecular flexibility index (Phi) is 4.61. The number of methoxy groups -OCH3 is 1. The second-order valence-corrected chi connectivity index (χ2v) is 7.12. The first-order valence-electron chi connectivity index (χ1n) is 7.63. The zero-order valence-corrected chi connectivity index (χ0v) is 15.3. The molecule has 0 radical (unpaired) electrons. The number of fused-ring (bicyclic) bond motifs is 1. The molecule has 0 aliphatic heterocycles. The zero-order chi connectivity index (χ0) is 17.3. The fourth-order valence-electron chi connectivity index (χ4n) is 2.58. The van der Waals surface area contributed by atoms with Crippen molar-refractivity contribution in [2.45, 2.75) is 19.3 Å². The van der Waals surface area contributed by atoms with E-state index in [4.69, 9.17) is 27.9 Å². The van der Waals surface area contributed by atoms with Crippen molar-refractivity contribution in [1.29, 1.82) is 0 Å². The van der Waals surface area contributed by atoms with E-state index in [9.17, 15) is 0 Å². The average Bonchev–Trinajstić information content (AvgIpc) is 2.98. The number of hydrogen-bond donors (Lipinski definition) is 2. The Morgan fingerprint density at radius 2 is 1.96 bits per heavy atom.